The normalized spacial score (nSPS) is 15.0. The first-order chi connectivity index (χ1) is 11.6. The number of aromatic nitrogens is 3. The molecular formula is C16H20FN5O2. The summed E-state index contributed by atoms with van der Waals surface area (Å²) in [5, 5.41) is 7.14. The molecule has 0 fully saturated rings. The molecule has 2 heterocycles. The number of amides is 2. The highest BCUT2D eigenvalue weighted by Crippen LogP contribution is 2.16. The molecule has 0 saturated heterocycles. The second-order valence-electron chi connectivity index (χ2n) is 5.68. The van der Waals surface area contributed by atoms with Crippen LogP contribution in [-0.4, -0.2) is 45.9 Å². The smallest absolute Gasteiger partial charge is 0.317 e. The lowest BCUT2D eigenvalue weighted by atomic mass is 10.1. The number of nitrogens with one attached hydrogen (secondary N) is 1. The van der Waals surface area contributed by atoms with Gasteiger partial charge in [-0.1, -0.05) is 12.1 Å². The molecule has 1 aromatic heterocycles. The average molecular weight is 333 g/mol. The number of methoxy groups -OCH3 is 1. The van der Waals surface area contributed by atoms with Gasteiger partial charge >= 0.3 is 6.03 Å². The van der Waals surface area contributed by atoms with Gasteiger partial charge in [-0.3, -0.25) is 0 Å². The van der Waals surface area contributed by atoms with Crippen LogP contribution in [0.25, 0.3) is 0 Å². The van der Waals surface area contributed by atoms with Crippen molar-refractivity contribution in [1.29, 1.82) is 0 Å². The molecule has 24 heavy (non-hydrogen) atoms. The third-order valence-electron chi connectivity index (χ3n) is 4.02. The van der Waals surface area contributed by atoms with Gasteiger partial charge in [0.25, 0.3) is 0 Å². The van der Waals surface area contributed by atoms with E-state index < -0.39 is 0 Å². The Balaban J connectivity index is 1.57. The van der Waals surface area contributed by atoms with Crippen molar-refractivity contribution in [2.75, 3.05) is 20.2 Å². The van der Waals surface area contributed by atoms with E-state index in [2.05, 4.69) is 15.4 Å². The fourth-order valence-corrected chi connectivity index (χ4v) is 2.74. The molecule has 1 aromatic carbocycles. The van der Waals surface area contributed by atoms with Gasteiger partial charge in [0.15, 0.2) is 0 Å². The number of hydrogen-bond donors (Lipinski definition) is 1. The third-order valence-corrected chi connectivity index (χ3v) is 4.02. The summed E-state index contributed by atoms with van der Waals surface area (Å²) in [7, 11) is 1.56. The molecule has 7 nitrogen and oxygen atoms in total. The monoisotopic (exact) mass is 333 g/mol. The molecule has 1 aliphatic heterocycles. The first-order valence-electron chi connectivity index (χ1n) is 7.78. The lowest BCUT2D eigenvalue weighted by Crippen LogP contribution is -2.45. The molecule has 1 atom stereocenters. The predicted octanol–water partition coefficient (Wildman–Crippen LogP) is 1.64. The minimum Gasteiger partial charge on any atom is -0.375 e. The van der Waals surface area contributed by atoms with Crippen molar-refractivity contribution in [1.82, 2.24) is 25.0 Å². The Morgan fingerprint density at radius 3 is 2.83 bits per heavy atom. The predicted molar refractivity (Wildman–Crippen MR) is 84.7 cm³/mol. The van der Waals surface area contributed by atoms with Crippen molar-refractivity contribution < 1.29 is 13.9 Å². The molecule has 1 unspecified atom stereocenters. The number of ether oxygens (including phenoxy) is 1. The SMILES string of the molecule is COC(CNC(=O)N1CCn2nc(C)nc2C1)c1ccc(F)cc1. The first kappa shape index (κ1) is 16.4. The highest BCUT2D eigenvalue weighted by atomic mass is 19.1. The lowest BCUT2D eigenvalue weighted by Gasteiger charge is -2.27. The Morgan fingerprint density at radius 2 is 2.12 bits per heavy atom. The minimum absolute atomic E-state index is 0.175. The fourth-order valence-electron chi connectivity index (χ4n) is 2.74. The number of halogens is 1. The summed E-state index contributed by atoms with van der Waals surface area (Å²) in [5.41, 5.74) is 0.813. The topological polar surface area (TPSA) is 72.3 Å². The molecule has 1 aliphatic rings. The number of carbonyl (C=O) groups excluding carboxylic acids is 1. The van der Waals surface area contributed by atoms with E-state index in [1.165, 1.54) is 12.1 Å². The van der Waals surface area contributed by atoms with Gasteiger partial charge in [-0.15, -0.1) is 0 Å². The molecule has 0 radical (unpaired) electrons. The van der Waals surface area contributed by atoms with Crippen molar-refractivity contribution in [3.05, 3.63) is 47.3 Å². The Hall–Kier alpha value is -2.48. The maximum atomic E-state index is 13.0. The van der Waals surface area contributed by atoms with Crippen molar-refractivity contribution in [2.24, 2.45) is 0 Å². The summed E-state index contributed by atoms with van der Waals surface area (Å²) >= 11 is 0. The zero-order chi connectivity index (χ0) is 17.1. The number of aryl methyl sites for hydroxylation is 1. The molecular weight excluding hydrogens is 313 g/mol. The minimum atomic E-state index is -0.328. The Morgan fingerprint density at radius 1 is 1.38 bits per heavy atom. The number of hydrogen-bond acceptors (Lipinski definition) is 4. The summed E-state index contributed by atoms with van der Waals surface area (Å²) in [4.78, 5) is 18.4. The van der Waals surface area contributed by atoms with E-state index in [4.69, 9.17) is 4.74 Å². The van der Waals surface area contributed by atoms with Gasteiger partial charge in [-0.2, -0.15) is 5.10 Å². The van der Waals surface area contributed by atoms with Crippen molar-refractivity contribution in [2.45, 2.75) is 26.1 Å². The summed E-state index contributed by atoms with van der Waals surface area (Å²) in [6.07, 6.45) is -0.328. The number of fused-ring (bicyclic) bond motifs is 1. The maximum absolute atomic E-state index is 13.0. The largest absolute Gasteiger partial charge is 0.375 e. The van der Waals surface area contributed by atoms with Crippen LogP contribution in [0.1, 0.15) is 23.3 Å². The maximum Gasteiger partial charge on any atom is 0.317 e. The zero-order valence-electron chi connectivity index (χ0n) is 13.7. The van der Waals surface area contributed by atoms with E-state index in [-0.39, 0.29) is 18.0 Å². The van der Waals surface area contributed by atoms with E-state index in [9.17, 15) is 9.18 Å². The van der Waals surface area contributed by atoms with Crippen LogP contribution >= 0.6 is 0 Å². The van der Waals surface area contributed by atoms with Gasteiger partial charge in [-0.25, -0.2) is 18.9 Å². The average Bonchev–Trinajstić information content (AvgIpc) is 2.95. The van der Waals surface area contributed by atoms with Crippen molar-refractivity contribution in [3.8, 4) is 0 Å². The quantitative estimate of drug-likeness (QED) is 0.923. The Kier molecular flexibility index (Phi) is 4.75. The van der Waals surface area contributed by atoms with Gasteiger partial charge in [0.1, 0.15) is 17.5 Å². The van der Waals surface area contributed by atoms with Crippen LogP contribution in [0, 0.1) is 12.7 Å². The molecule has 0 saturated carbocycles. The number of benzene rings is 1. The van der Waals surface area contributed by atoms with E-state index in [1.54, 1.807) is 24.1 Å². The lowest BCUT2D eigenvalue weighted by molar-refractivity contribution is 0.100. The second kappa shape index (κ2) is 6.96. The van der Waals surface area contributed by atoms with E-state index >= 15 is 0 Å². The van der Waals surface area contributed by atoms with Crippen molar-refractivity contribution in [3.63, 3.8) is 0 Å². The van der Waals surface area contributed by atoms with Crippen LogP contribution in [0.15, 0.2) is 24.3 Å². The van der Waals surface area contributed by atoms with Crippen LogP contribution in [0.4, 0.5) is 9.18 Å². The zero-order valence-corrected chi connectivity index (χ0v) is 13.7. The van der Waals surface area contributed by atoms with Crippen LogP contribution in [0.5, 0.6) is 0 Å². The van der Waals surface area contributed by atoms with Crippen LogP contribution in [-0.2, 0) is 17.8 Å². The van der Waals surface area contributed by atoms with Gasteiger partial charge in [-0.05, 0) is 24.6 Å². The highest BCUT2D eigenvalue weighted by Gasteiger charge is 2.23. The highest BCUT2D eigenvalue weighted by molar-refractivity contribution is 5.74. The number of rotatable bonds is 4. The summed E-state index contributed by atoms with van der Waals surface area (Å²) in [5.74, 6) is 1.20. The Bertz CT molecular complexity index is 716. The molecule has 8 heteroatoms. The summed E-state index contributed by atoms with van der Waals surface area (Å²) < 4.78 is 20.2. The molecule has 0 aliphatic carbocycles. The summed E-state index contributed by atoms with van der Waals surface area (Å²) in [6.45, 7) is 3.79. The standard InChI is InChI=1S/C16H20FN5O2/c1-11-19-15-10-21(7-8-22(15)20-11)16(23)18-9-14(24-2)12-3-5-13(17)6-4-12/h3-6,14H,7-10H2,1-2H3,(H,18,23). The number of carbonyl (C=O) groups is 1. The molecule has 3 rings (SSSR count). The van der Waals surface area contributed by atoms with Gasteiger partial charge in [0, 0.05) is 20.2 Å². The molecule has 2 aromatic rings. The number of nitrogens with zero attached hydrogens (tertiary/aromatic N) is 4. The van der Waals surface area contributed by atoms with Crippen LogP contribution < -0.4 is 5.32 Å². The van der Waals surface area contributed by atoms with E-state index in [1.807, 2.05) is 11.6 Å². The molecule has 0 spiro atoms. The second-order valence-corrected chi connectivity index (χ2v) is 5.68. The molecule has 2 amide bonds. The molecule has 128 valence electrons. The van der Waals surface area contributed by atoms with Crippen molar-refractivity contribution >= 4 is 6.03 Å². The number of urea groups is 1. The molecule has 0 bridgehead atoms. The van der Waals surface area contributed by atoms with Gasteiger partial charge in [0.2, 0.25) is 0 Å². The van der Waals surface area contributed by atoms with E-state index in [0.717, 1.165) is 11.4 Å². The fraction of sp³-hybridized carbons (Fsp3) is 0.438. The third kappa shape index (κ3) is 3.53. The van der Waals surface area contributed by atoms with E-state index in [0.29, 0.717) is 32.0 Å². The summed E-state index contributed by atoms with van der Waals surface area (Å²) in [6, 6.07) is 5.89. The van der Waals surface area contributed by atoms with Crippen LogP contribution in [0.3, 0.4) is 0 Å². The first-order valence-corrected chi connectivity index (χ1v) is 7.78. The van der Waals surface area contributed by atoms with Crippen LogP contribution in [0.2, 0.25) is 0 Å². The molecule has 1 N–H and O–H groups in total. The Labute approximate surface area is 139 Å². The van der Waals surface area contributed by atoms with Gasteiger partial charge in [0.05, 0.1) is 19.2 Å². The van der Waals surface area contributed by atoms with Gasteiger partial charge < -0.3 is 15.0 Å².